The third-order valence-corrected chi connectivity index (χ3v) is 6.60. The first-order valence-corrected chi connectivity index (χ1v) is 9.39. The second-order valence-corrected chi connectivity index (χ2v) is 8.37. The quantitative estimate of drug-likeness (QED) is 0.855. The normalized spacial score (nSPS) is 26.0. The summed E-state index contributed by atoms with van der Waals surface area (Å²) in [4.78, 5) is 12.8. The standard InChI is InChI=1S/C19H24BClN2O/c1-23-10-14(17-15(21)8-13(20)9-16(17)23)18(24)22-11-19-5-2-12(3-6-19)4-7-19/h8-10,12H,2-7,11,20H2,1H3,(H,22,24). The van der Waals surface area contributed by atoms with E-state index >= 15 is 0 Å². The number of halogens is 1. The number of hydrogen-bond acceptors (Lipinski definition) is 1. The van der Waals surface area contributed by atoms with Gasteiger partial charge in [0.1, 0.15) is 7.85 Å². The summed E-state index contributed by atoms with van der Waals surface area (Å²) < 4.78 is 1.99. The topological polar surface area (TPSA) is 34.0 Å². The van der Waals surface area contributed by atoms with Gasteiger partial charge in [0.2, 0.25) is 0 Å². The monoisotopic (exact) mass is 342 g/mol. The molecule has 0 unspecified atom stereocenters. The lowest BCUT2D eigenvalue weighted by Crippen LogP contribution is -2.43. The van der Waals surface area contributed by atoms with Crippen LogP contribution in [-0.4, -0.2) is 24.9 Å². The maximum Gasteiger partial charge on any atom is 0.253 e. The van der Waals surface area contributed by atoms with Crippen LogP contribution in [0.4, 0.5) is 0 Å². The fourth-order valence-electron chi connectivity index (χ4n) is 4.74. The van der Waals surface area contributed by atoms with Gasteiger partial charge >= 0.3 is 0 Å². The Morgan fingerprint density at radius 3 is 2.67 bits per heavy atom. The van der Waals surface area contributed by atoms with Crippen LogP contribution in [0.3, 0.4) is 0 Å². The summed E-state index contributed by atoms with van der Waals surface area (Å²) in [6.45, 7) is 0.804. The van der Waals surface area contributed by atoms with E-state index < -0.39 is 0 Å². The molecule has 2 bridgehead atoms. The van der Waals surface area contributed by atoms with Crippen molar-refractivity contribution in [2.75, 3.05) is 6.54 Å². The second-order valence-electron chi connectivity index (χ2n) is 7.96. The number of nitrogens with zero attached hydrogens (tertiary/aromatic N) is 1. The van der Waals surface area contributed by atoms with Crippen molar-refractivity contribution < 1.29 is 4.79 Å². The molecule has 3 nitrogen and oxygen atoms in total. The van der Waals surface area contributed by atoms with Gasteiger partial charge in [0, 0.05) is 30.7 Å². The number of aryl methyl sites for hydroxylation is 1. The molecule has 1 amide bonds. The van der Waals surface area contributed by atoms with Crippen molar-refractivity contribution in [3.8, 4) is 0 Å². The van der Waals surface area contributed by atoms with E-state index in [2.05, 4.69) is 11.4 Å². The maximum absolute atomic E-state index is 12.8. The number of hydrogen-bond donors (Lipinski definition) is 1. The number of nitrogens with one attached hydrogen (secondary N) is 1. The molecular formula is C19H24BClN2O. The summed E-state index contributed by atoms with van der Waals surface area (Å²) >= 11 is 6.44. The fourth-order valence-corrected chi connectivity index (χ4v) is 5.11. The molecule has 5 rings (SSSR count). The lowest BCUT2D eigenvalue weighted by Gasteiger charge is -2.46. The number of carbonyl (C=O) groups excluding carboxylic acids is 1. The summed E-state index contributed by atoms with van der Waals surface area (Å²) in [5.74, 6) is 0.955. The summed E-state index contributed by atoms with van der Waals surface area (Å²) in [5.41, 5.74) is 3.16. The molecule has 3 aliphatic carbocycles. The summed E-state index contributed by atoms with van der Waals surface area (Å²) in [6, 6.07) is 4.01. The Morgan fingerprint density at radius 1 is 1.33 bits per heavy atom. The molecular weight excluding hydrogens is 318 g/mol. The van der Waals surface area contributed by atoms with E-state index in [9.17, 15) is 4.79 Å². The molecule has 126 valence electrons. The fraction of sp³-hybridized carbons (Fsp3) is 0.526. The van der Waals surface area contributed by atoms with E-state index in [1.807, 2.05) is 31.7 Å². The largest absolute Gasteiger partial charge is 0.351 e. The van der Waals surface area contributed by atoms with Crippen molar-refractivity contribution in [1.29, 1.82) is 0 Å². The first kappa shape index (κ1) is 16.1. The number of rotatable bonds is 3. The van der Waals surface area contributed by atoms with Gasteiger partial charge in [-0.05, 0) is 62.0 Å². The molecule has 2 aromatic rings. The second kappa shape index (κ2) is 5.84. The van der Waals surface area contributed by atoms with Crippen LogP contribution in [0.15, 0.2) is 18.3 Å². The molecule has 1 N–H and O–H groups in total. The van der Waals surface area contributed by atoms with Crippen LogP contribution in [0, 0.1) is 11.3 Å². The summed E-state index contributed by atoms with van der Waals surface area (Å²) in [6.07, 6.45) is 9.74. The summed E-state index contributed by atoms with van der Waals surface area (Å²) in [7, 11) is 3.99. The predicted molar refractivity (Wildman–Crippen MR) is 102 cm³/mol. The van der Waals surface area contributed by atoms with Gasteiger partial charge in [0.05, 0.1) is 10.6 Å². The third kappa shape index (κ3) is 2.65. The molecule has 24 heavy (non-hydrogen) atoms. The molecule has 1 heterocycles. The van der Waals surface area contributed by atoms with Crippen LogP contribution in [0.5, 0.6) is 0 Å². The molecule has 3 saturated carbocycles. The minimum Gasteiger partial charge on any atom is -0.351 e. The zero-order valence-electron chi connectivity index (χ0n) is 14.5. The van der Waals surface area contributed by atoms with Gasteiger partial charge < -0.3 is 9.88 Å². The molecule has 0 aliphatic heterocycles. The average Bonchev–Trinajstić information content (AvgIpc) is 2.92. The van der Waals surface area contributed by atoms with Crippen molar-refractivity contribution in [3.05, 3.63) is 28.9 Å². The van der Waals surface area contributed by atoms with Crippen LogP contribution < -0.4 is 10.8 Å². The Bertz CT molecular complexity index is 792. The van der Waals surface area contributed by atoms with E-state index in [1.165, 1.54) is 38.5 Å². The molecule has 1 aromatic carbocycles. The molecule has 0 radical (unpaired) electrons. The molecule has 0 atom stereocenters. The maximum atomic E-state index is 12.8. The van der Waals surface area contributed by atoms with Gasteiger partial charge in [-0.1, -0.05) is 17.1 Å². The van der Waals surface area contributed by atoms with E-state index in [-0.39, 0.29) is 5.91 Å². The van der Waals surface area contributed by atoms with E-state index in [0.29, 0.717) is 16.0 Å². The number of benzene rings is 1. The SMILES string of the molecule is Bc1cc(Cl)c2c(C(=O)NCC34CCC(CC3)CC4)cn(C)c2c1. The van der Waals surface area contributed by atoms with Gasteiger partial charge in [-0.25, -0.2) is 0 Å². The number of aromatic nitrogens is 1. The highest BCUT2D eigenvalue weighted by atomic mass is 35.5. The smallest absolute Gasteiger partial charge is 0.253 e. The van der Waals surface area contributed by atoms with Crippen molar-refractivity contribution >= 4 is 41.7 Å². The van der Waals surface area contributed by atoms with E-state index in [0.717, 1.165) is 28.8 Å². The Morgan fingerprint density at radius 2 is 2.00 bits per heavy atom. The number of fused-ring (bicyclic) bond motifs is 4. The van der Waals surface area contributed by atoms with Crippen molar-refractivity contribution in [2.24, 2.45) is 18.4 Å². The number of carbonyl (C=O) groups is 1. The molecule has 0 saturated heterocycles. The predicted octanol–water partition coefficient (Wildman–Crippen LogP) is 2.79. The minimum absolute atomic E-state index is 0.00780. The first-order chi connectivity index (χ1) is 11.5. The third-order valence-electron chi connectivity index (χ3n) is 6.30. The van der Waals surface area contributed by atoms with Crippen LogP contribution in [0.1, 0.15) is 48.9 Å². The van der Waals surface area contributed by atoms with Gasteiger partial charge in [0.15, 0.2) is 0 Å². The zero-order chi connectivity index (χ0) is 16.9. The highest BCUT2D eigenvalue weighted by Crippen LogP contribution is 2.49. The Labute approximate surface area is 149 Å². The average molecular weight is 343 g/mol. The van der Waals surface area contributed by atoms with Gasteiger partial charge in [-0.3, -0.25) is 4.79 Å². The molecule has 3 fully saturated rings. The first-order valence-electron chi connectivity index (χ1n) is 9.01. The minimum atomic E-state index is 0.00780. The van der Waals surface area contributed by atoms with Crippen LogP contribution in [0.2, 0.25) is 5.02 Å². The summed E-state index contributed by atoms with van der Waals surface area (Å²) in [5, 5.41) is 4.75. The molecule has 3 aliphatic rings. The zero-order valence-corrected chi connectivity index (χ0v) is 15.2. The Hall–Kier alpha value is -1.42. The highest BCUT2D eigenvalue weighted by Gasteiger charge is 2.40. The molecule has 0 spiro atoms. The lowest BCUT2D eigenvalue weighted by molar-refractivity contribution is 0.0598. The van der Waals surface area contributed by atoms with Crippen LogP contribution in [0.25, 0.3) is 10.9 Å². The van der Waals surface area contributed by atoms with Gasteiger partial charge in [-0.2, -0.15) is 0 Å². The Kier molecular flexibility index (Phi) is 3.91. The van der Waals surface area contributed by atoms with Crippen molar-refractivity contribution in [1.82, 2.24) is 9.88 Å². The van der Waals surface area contributed by atoms with Crippen molar-refractivity contribution in [2.45, 2.75) is 38.5 Å². The molecule has 1 aromatic heterocycles. The number of amides is 1. The van der Waals surface area contributed by atoms with Crippen LogP contribution >= 0.6 is 11.6 Å². The molecule has 5 heteroatoms. The van der Waals surface area contributed by atoms with Gasteiger partial charge in [-0.15, -0.1) is 0 Å². The highest BCUT2D eigenvalue weighted by molar-refractivity contribution is 6.41. The van der Waals surface area contributed by atoms with Crippen LogP contribution in [-0.2, 0) is 7.05 Å². The van der Waals surface area contributed by atoms with Crippen molar-refractivity contribution in [3.63, 3.8) is 0 Å². The lowest BCUT2D eigenvalue weighted by atomic mass is 9.61. The van der Waals surface area contributed by atoms with Gasteiger partial charge in [0.25, 0.3) is 5.91 Å². The Balaban J connectivity index is 1.58. The van der Waals surface area contributed by atoms with E-state index in [1.54, 1.807) is 0 Å². The van der Waals surface area contributed by atoms with E-state index in [4.69, 9.17) is 11.6 Å².